The number of furan rings is 1. The molecule has 1 fully saturated rings. The summed E-state index contributed by atoms with van der Waals surface area (Å²) in [7, 11) is 0. The summed E-state index contributed by atoms with van der Waals surface area (Å²) in [6.07, 6.45) is -4.30. The summed E-state index contributed by atoms with van der Waals surface area (Å²) in [4.78, 5) is 64.1. The first-order valence-electron chi connectivity index (χ1n) is 17.7. The summed E-state index contributed by atoms with van der Waals surface area (Å²) in [5, 5.41) is 0.233. The topological polar surface area (TPSA) is 175 Å². The minimum atomic E-state index is -1.55. The third-order valence-electron chi connectivity index (χ3n) is 9.25. The Morgan fingerprint density at radius 1 is 0.719 bits per heavy atom. The SMILES string of the molecule is Nc1nc(=O)n([C@H]2O[C@H](COC(=O)c3ccccc3)[C@@H](OC(=O)c3ccccc3)[C@H]2OC(=O)c2ccccc2)c2nc(-c3cccc(Br)c3)cc(-c3ccco3)c12. The summed E-state index contributed by atoms with van der Waals surface area (Å²) in [6, 6.07) is 37.1. The normalized spacial score (nSPS) is 17.6. The molecule has 57 heavy (non-hydrogen) atoms. The molecule has 4 aromatic carbocycles. The number of ether oxygens (including phenoxy) is 4. The van der Waals surface area contributed by atoms with Gasteiger partial charge in [-0.25, -0.2) is 28.7 Å². The van der Waals surface area contributed by atoms with Gasteiger partial charge in [-0.1, -0.05) is 82.7 Å². The van der Waals surface area contributed by atoms with Crippen LogP contribution in [-0.2, 0) is 18.9 Å². The summed E-state index contributed by atoms with van der Waals surface area (Å²) in [5.41, 5.74) is 7.75. The lowest BCUT2D eigenvalue weighted by Crippen LogP contribution is -2.42. The smallest absolute Gasteiger partial charge is 0.353 e. The number of nitrogens with zero attached hydrogens (tertiary/aromatic N) is 3. The van der Waals surface area contributed by atoms with Crippen molar-refractivity contribution in [2.75, 3.05) is 12.3 Å². The van der Waals surface area contributed by atoms with Gasteiger partial charge in [-0.05, 0) is 66.7 Å². The largest absolute Gasteiger partial charge is 0.464 e. The number of carbonyl (C=O) groups excluding carboxylic acids is 3. The molecule has 1 aliphatic rings. The zero-order valence-electron chi connectivity index (χ0n) is 29.8. The number of anilines is 1. The van der Waals surface area contributed by atoms with Crippen molar-refractivity contribution < 1.29 is 37.7 Å². The Balaban J connectivity index is 1.31. The van der Waals surface area contributed by atoms with Crippen molar-refractivity contribution in [2.24, 2.45) is 0 Å². The van der Waals surface area contributed by atoms with Crippen LogP contribution in [0, 0.1) is 0 Å². The first-order valence-corrected chi connectivity index (χ1v) is 18.5. The molecule has 13 nitrogen and oxygen atoms in total. The highest BCUT2D eigenvalue weighted by atomic mass is 79.9. The molecule has 14 heteroatoms. The molecule has 0 amide bonds. The zero-order valence-corrected chi connectivity index (χ0v) is 31.4. The Hall–Kier alpha value is -6.90. The molecule has 4 atom stereocenters. The van der Waals surface area contributed by atoms with E-state index in [-0.39, 0.29) is 33.5 Å². The molecule has 0 unspecified atom stereocenters. The molecule has 4 heterocycles. The van der Waals surface area contributed by atoms with E-state index in [1.165, 1.54) is 6.26 Å². The van der Waals surface area contributed by atoms with Gasteiger partial charge in [-0.15, -0.1) is 0 Å². The van der Waals surface area contributed by atoms with Gasteiger partial charge in [0, 0.05) is 15.6 Å². The van der Waals surface area contributed by atoms with E-state index < -0.39 is 54.7 Å². The van der Waals surface area contributed by atoms with Crippen molar-refractivity contribution in [3.63, 3.8) is 0 Å². The van der Waals surface area contributed by atoms with Gasteiger partial charge in [-0.2, -0.15) is 4.98 Å². The quantitative estimate of drug-likeness (QED) is 0.108. The first kappa shape index (κ1) is 37.0. The summed E-state index contributed by atoms with van der Waals surface area (Å²) < 4.78 is 32.1. The van der Waals surface area contributed by atoms with E-state index in [0.29, 0.717) is 22.6 Å². The van der Waals surface area contributed by atoms with Crippen LogP contribution in [0.15, 0.2) is 153 Å². The van der Waals surface area contributed by atoms with Crippen molar-refractivity contribution in [2.45, 2.75) is 24.5 Å². The number of fused-ring (bicyclic) bond motifs is 1. The Morgan fingerprint density at radius 3 is 1.93 bits per heavy atom. The van der Waals surface area contributed by atoms with E-state index in [4.69, 9.17) is 34.1 Å². The van der Waals surface area contributed by atoms with Gasteiger partial charge in [0.05, 0.1) is 34.0 Å². The average molecular weight is 828 g/mol. The number of esters is 3. The fourth-order valence-corrected chi connectivity index (χ4v) is 6.98. The van der Waals surface area contributed by atoms with Gasteiger partial charge < -0.3 is 29.1 Å². The Kier molecular flexibility index (Phi) is 10.4. The van der Waals surface area contributed by atoms with E-state index in [1.807, 2.05) is 24.3 Å². The summed E-state index contributed by atoms with van der Waals surface area (Å²) in [6.45, 7) is -0.472. The second kappa shape index (κ2) is 16.1. The highest BCUT2D eigenvalue weighted by molar-refractivity contribution is 9.10. The van der Waals surface area contributed by atoms with Crippen LogP contribution >= 0.6 is 15.9 Å². The summed E-state index contributed by atoms with van der Waals surface area (Å²) in [5.74, 6) is -2.03. The molecule has 0 bridgehead atoms. The van der Waals surface area contributed by atoms with Crippen molar-refractivity contribution in [1.29, 1.82) is 0 Å². The highest BCUT2D eigenvalue weighted by Crippen LogP contribution is 2.40. The Morgan fingerprint density at radius 2 is 1.33 bits per heavy atom. The zero-order chi connectivity index (χ0) is 39.5. The molecule has 0 saturated carbocycles. The number of benzene rings is 4. The highest BCUT2D eigenvalue weighted by Gasteiger charge is 2.52. The lowest BCUT2D eigenvalue weighted by Gasteiger charge is -2.26. The fourth-order valence-electron chi connectivity index (χ4n) is 6.58. The fraction of sp³-hybridized carbons (Fsp3) is 0.116. The first-order chi connectivity index (χ1) is 27.7. The van der Waals surface area contributed by atoms with E-state index >= 15 is 0 Å². The van der Waals surface area contributed by atoms with Crippen LogP contribution in [0.25, 0.3) is 33.6 Å². The van der Waals surface area contributed by atoms with E-state index in [0.717, 1.165) is 9.04 Å². The van der Waals surface area contributed by atoms with E-state index in [9.17, 15) is 19.2 Å². The van der Waals surface area contributed by atoms with Gasteiger partial charge in [-0.3, -0.25) is 0 Å². The molecular weight excluding hydrogens is 796 g/mol. The Bertz CT molecular complexity index is 2640. The summed E-state index contributed by atoms with van der Waals surface area (Å²) >= 11 is 3.52. The number of rotatable bonds is 10. The molecule has 8 rings (SSSR count). The van der Waals surface area contributed by atoms with Crippen LogP contribution in [0.3, 0.4) is 0 Å². The monoisotopic (exact) mass is 826 g/mol. The molecule has 1 aliphatic heterocycles. The molecule has 3 aromatic heterocycles. The number of hydrogen-bond acceptors (Lipinski definition) is 12. The average Bonchev–Trinajstić information content (AvgIpc) is 3.89. The molecule has 7 aromatic rings. The number of halogens is 1. The van der Waals surface area contributed by atoms with Crippen molar-refractivity contribution >= 4 is 50.7 Å². The van der Waals surface area contributed by atoms with Gasteiger partial charge >= 0.3 is 23.6 Å². The maximum atomic E-state index is 14.2. The number of aromatic nitrogens is 3. The number of nitrogens with two attached hydrogens (primary N) is 1. The molecule has 0 spiro atoms. The third kappa shape index (κ3) is 7.68. The minimum Gasteiger partial charge on any atom is -0.464 e. The van der Waals surface area contributed by atoms with E-state index in [1.54, 1.807) is 109 Å². The van der Waals surface area contributed by atoms with Gasteiger partial charge in [0.2, 0.25) is 0 Å². The number of carbonyl (C=O) groups is 3. The van der Waals surface area contributed by atoms with Gasteiger partial charge in [0.25, 0.3) is 0 Å². The molecule has 0 aliphatic carbocycles. The molecular formula is C43H31BrN4O9. The van der Waals surface area contributed by atoms with Crippen LogP contribution < -0.4 is 11.4 Å². The number of pyridine rings is 1. The van der Waals surface area contributed by atoms with Crippen molar-refractivity contribution in [1.82, 2.24) is 14.5 Å². The van der Waals surface area contributed by atoms with Gasteiger partial charge in [0.1, 0.15) is 24.3 Å². The van der Waals surface area contributed by atoms with Crippen molar-refractivity contribution in [3.8, 4) is 22.6 Å². The van der Waals surface area contributed by atoms with Gasteiger partial charge in [0.15, 0.2) is 24.1 Å². The minimum absolute atomic E-state index is 0.00259. The molecule has 284 valence electrons. The van der Waals surface area contributed by atoms with Crippen LogP contribution in [0.4, 0.5) is 5.82 Å². The lowest BCUT2D eigenvalue weighted by molar-refractivity contribution is -0.0622. The predicted octanol–water partition coefficient (Wildman–Crippen LogP) is 7.27. The molecule has 0 radical (unpaired) electrons. The molecule has 1 saturated heterocycles. The third-order valence-corrected chi connectivity index (χ3v) is 9.74. The number of nitrogen functional groups attached to an aromatic ring is 1. The van der Waals surface area contributed by atoms with Crippen LogP contribution in [0.2, 0.25) is 0 Å². The Labute approximate surface area is 332 Å². The second-order valence-corrected chi connectivity index (χ2v) is 13.8. The van der Waals surface area contributed by atoms with Crippen LogP contribution in [0.1, 0.15) is 37.3 Å². The van der Waals surface area contributed by atoms with E-state index in [2.05, 4.69) is 20.9 Å². The predicted molar refractivity (Wildman–Crippen MR) is 211 cm³/mol. The molecule has 2 N–H and O–H groups in total. The van der Waals surface area contributed by atoms with Crippen LogP contribution in [-0.4, -0.2) is 57.4 Å². The number of hydrogen-bond donors (Lipinski definition) is 1. The maximum Gasteiger partial charge on any atom is 0.353 e. The second-order valence-electron chi connectivity index (χ2n) is 12.9. The standard InChI is InChI=1S/C43H31BrN4O9/c44-29-19-10-18-28(22-29)31-23-30(32-20-11-21-53-32)34-37(45)47-43(52)48(38(34)46-31)39-36(57-42(51)27-16-8-3-9-17-27)35(56-41(50)26-14-6-2-7-15-26)33(55-39)24-54-40(49)25-12-4-1-5-13-25/h1-23,33,35-36,39H,24H2,(H2,45,47,52)/t33-,35-,36-,39+/m1/s1. The van der Waals surface area contributed by atoms with Crippen LogP contribution in [0.5, 0.6) is 0 Å². The lowest BCUT2D eigenvalue weighted by atomic mass is 10.0. The maximum absolute atomic E-state index is 14.2. The van der Waals surface area contributed by atoms with Crippen molar-refractivity contribution in [3.05, 3.63) is 171 Å².